The molecule has 0 spiro atoms. The second-order valence-corrected chi connectivity index (χ2v) is 4.22. The second-order valence-electron chi connectivity index (χ2n) is 3.41. The number of hydrogen-bond acceptors (Lipinski definition) is 2. The first-order chi connectivity index (χ1) is 8.09. The topological polar surface area (TPSA) is 61.4 Å². The molecule has 0 radical (unpaired) electrons. The number of urea groups is 2. The zero-order chi connectivity index (χ0) is 12.4. The molecule has 1 aromatic carbocycles. The minimum atomic E-state index is -0.546. The van der Waals surface area contributed by atoms with Crippen molar-refractivity contribution < 1.29 is 9.59 Å². The second kappa shape index (κ2) is 4.81. The van der Waals surface area contributed by atoms with Crippen molar-refractivity contribution in [2.75, 3.05) is 18.4 Å². The van der Waals surface area contributed by atoms with Crippen LogP contribution >= 0.6 is 23.2 Å². The van der Waals surface area contributed by atoms with E-state index in [0.29, 0.717) is 28.8 Å². The van der Waals surface area contributed by atoms with Crippen molar-refractivity contribution >= 4 is 41.0 Å². The number of anilines is 1. The Kier molecular flexibility index (Phi) is 3.40. The smallest absolute Gasteiger partial charge is 0.330 e. The van der Waals surface area contributed by atoms with E-state index in [1.165, 1.54) is 0 Å². The van der Waals surface area contributed by atoms with Crippen molar-refractivity contribution in [3.8, 4) is 0 Å². The molecule has 0 atom stereocenters. The minimum absolute atomic E-state index is 0.306. The van der Waals surface area contributed by atoms with Crippen LogP contribution in [0.15, 0.2) is 18.2 Å². The first-order valence-electron chi connectivity index (χ1n) is 4.90. The maximum atomic E-state index is 11.8. The van der Waals surface area contributed by atoms with E-state index >= 15 is 0 Å². The number of nitrogens with zero attached hydrogens (tertiary/aromatic N) is 1. The molecule has 1 aromatic rings. The Labute approximate surface area is 108 Å². The van der Waals surface area contributed by atoms with Crippen molar-refractivity contribution in [3.63, 3.8) is 0 Å². The fourth-order valence-corrected chi connectivity index (χ4v) is 1.95. The molecule has 5 nitrogen and oxygen atoms in total. The summed E-state index contributed by atoms with van der Waals surface area (Å²) in [6, 6.07) is 3.91. The van der Waals surface area contributed by atoms with Crippen molar-refractivity contribution in [2.24, 2.45) is 0 Å². The Balaban J connectivity index is 2.16. The van der Waals surface area contributed by atoms with Gasteiger partial charge in [-0.15, -0.1) is 0 Å². The Morgan fingerprint density at radius 3 is 2.53 bits per heavy atom. The fourth-order valence-electron chi connectivity index (χ4n) is 1.46. The SMILES string of the molecule is O=C1NCCN1C(=O)Nc1c(Cl)cccc1Cl. The molecule has 0 bridgehead atoms. The number of nitrogens with one attached hydrogen (secondary N) is 2. The number of hydrogen-bond donors (Lipinski definition) is 2. The summed E-state index contributed by atoms with van der Waals surface area (Å²) in [6.45, 7) is 0.773. The lowest BCUT2D eigenvalue weighted by Crippen LogP contribution is -2.37. The number of amides is 4. The monoisotopic (exact) mass is 273 g/mol. The quantitative estimate of drug-likeness (QED) is 0.826. The third kappa shape index (κ3) is 2.45. The number of carbonyl (C=O) groups is 2. The number of para-hydroxylation sites is 1. The maximum Gasteiger partial charge on any atom is 0.330 e. The van der Waals surface area contributed by atoms with E-state index in [1.54, 1.807) is 18.2 Å². The number of benzene rings is 1. The molecule has 1 aliphatic heterocycles. The van der Waals surface area contributed by atoms with Crippen LogP contribution in [-0.4, -0.2) is 30.1 Å². The predicted octanol–water partition coefficient (Wildman–Crippen LogP) is 2.55. The van der Waals surface area contributed by atoms with E-state index in [4.69, 9.17) is 23.2 Å². The molecule has 0 saturated carbocycles. The molecule has 2 rings (SSSR count). The van der Waals surface area contributed by atoms with E-state index in [9.17, 15) is 9.59 Å². The summed E-state index contributed by atoms with van der Waals surface area (Å²) in [5, 5.41) is 5.69. The van der Waals surface area contributed by atoms with Gasteiger partial charge in [-0.1, -0.05) is 29.3 Å². The number of imide groups is 1. The summed E-state index contributed by atoms with van der Waals surface area (Å²) >= 11 is 11.8. The Morgan fingerprint density at radius 1 is 1.35 bits per heavy atom. The first-order valence-corrected chi connectivity index (χ1v) is 5.65. The van der Waals surface area contributed by atoms with Gasteiger partial charge in [-0.25, -0.2) is 14.5 Å². The molecule has 0 unspecified atom stereocenters. The van der Waals surface area contributed by atoms with Gasteiger partial charge in [0.1, 0.15) is 0 Å². The highest BCUT2D eigenvalue weighted by Gasteiger charge is 2.26. The molecular weight excluding hydrogens is 265 g/mol. The summed E-state index contributed by atoms with van der Waals surface area (Å²) < 4.78 is 0. The van der Waals surface area contributed by atoms with Crippen LogP contribution < -0.4 is 10.6 Å². The number of rotatable bonds is 1. The standard InChI is InChI=1S/C10H9Cl2N3O2/c11-6-2-1-3-7(12)8(6)14-10(17)15-5-4-13-9(15)16/h1-3H,4-5H2,(H,13,16)(H,14,17). The van der Waals surface area contributed by atoms with Crippen LogP contribution in [0, 0.1) is 0 Å². The normalized spacial score (nSPS) is 14.7. The van der Waals surface area contributed by atoms with Gasteiger partial charge in [-0.2, -0.15) is 0 Å². The van der Waals surface area contributed by atoms with Gasteiger partial charge in [-0.05, 0) is 12.1 Å². The lowest BCUT2D eigenvalue weighted by Gasteiger charge is -2.15. The van der Waals surface area contributed by atoms with Crippen LogP contribution in [0.3, 0.4) is 0 Å². The largest absolute Gasteiger partial charge is 0.336 e. The first kappa shape index (κ1) is 12.0. The van der Waals surface area contributed by atoms with Crippen molar-refractivity contribution in [1.29, 1.82) is 0 Å². The Morgan fingerprint density at radius 2 is 2.00 bits per heavy atom. The van der Waals surface area contributed by atoms with Gasteiger partial charge < -0.3 is 10.6 Å². The third-order valence-corrected chi connectivity index (χ3v) is 2.93. The van der Waals surface area contributed by atoms with E-state index in [-0.39, 0.29) is 0 Å². The van der Waals surface area contributed by atoms with E-state index < -0.39 is 12.1 Å². The summed E-state index contributed by atoms with van der Waals surface area (Å²) in [5.41, 5.74) is 0.306. The average molecular weight is 274 g/mol. The highest BCUT2D eigenvalue weighted by Crippen LogP contribution is 2.30. The summed E-state index contributed by atoms with van der Waals surface area (Å²) in [4.78, 5) is 24.1. The molecule has 0 aliphatic carbocycles. The number of halogens is 2. The summed E-state index contributed by atoms with van der Waals surface area (Å²) in [7, 11) is 0. The summed E-state index contributed by atoms with van der Waals surface area (Å²) in [6.07, 6.45) is 0. The number of carbonyl (C=O) groups excluding carboxylic acids is 2. The van der Waals surface area contributed by atoms with Crippen LogP contribution in [0.2, 0.25) is 10.0 Å². The van der Waals surface area contributed by atoms with E-state index in [2.05, 4.69) is 10.6 Å². The van der Waals surface area contributed by atoms with Gasteiger partial charge in [-0.3, -0.25) is 0 Å². The molecule has 17 heavy (non-hydrogen) atoms. The van der Waals surface area contributed by atoms with Crippen molar-refractivity contribution in [3.05, 3.63) is 28.2 Å². The average Bonchev–Trinajstić information content (AvgIpc) is 2.70. The van der Waals surface area contributed by atoms with Crippen LogP contribution in [-0.2, 0) is 0 Å². The fraction of sp³-hybridized carbons (Fsp3) is 0.200. The molecule has 2 N–H and O–H groups in total. The molecule has 1 aliphatic rings. The maximum absolute atomic E-state index is 11.8. The van der Waals surface area contributed by atoms with Crippen molar-refractivity contribution in [2.45, 2.75) is 0 Å². The van der Waals surface area contributed by atoms with Crippen LogP contribution in [0.4, 0.5) is 15.3 Å². The van der Waals surface area contributed by atoms with Gasteiger partial charge >= 0.3 is 12.1 Å². The van der Waals surface area contributed by atoms with Crippen molar-refractivity contribution in [1.82, 2.24) is 10.2 Å². The molecule has 0 aromatic heterocycles. The molecular formula is C10H9Cl2N3O2. The molecule has 4 amide bonds. The van der Waals surface area contributed by atoms with Gasteiger partial charge in [0.05, 0.1) is 15.7 Å². The predicted molar refractivity (Wildman–Crippen MR) is 65.6 cm³/mol. The Bertz CT molecular complexity index is 458. The summed E-state index contributed by atoms with van der Waals surface area (Å²) in [5.74, 6) is 0. The van der Waals surface area contributed by atoms with Crippen LogP contribution in [0.5, 0.6) is 0 Å². The van der Waals surface area contributed by atoms with E-state index in [0.717, 1.165) is 4.90 Å². The third-order valence-electron chi connectivity index (χ3n) is 2.30. The molecule has 7 heteroatoms. The molecule has 1 heterocycles. The zero-order valence-electron chi connectivity index (χ0n) is 8.67. The lowest BCUT2D eigenvalue weighted by molar-refractivity contribution is 0.207. The van der Waals surface area contributed by atoms with E-state index in [1.807, 2.05) is 0 Å². The van der Waals surface area contributed by atoms with Gasteiger partial charge in [0.15, 0.2) is 0 Å². The highest BCUT2D eigenvalue weighted by atomic mass is 35.5. The molecule has 1 saturated heterocycles. The van der Waals surface area contributed by atoms with Gasteiger partial charge in [0, 0.05) is 13.1 Å². The van der Waals surface area contributed by atoms with Gasteiger partial charge in [0.25, 0.3) is 0 Å². The van der Waals surface area contributed by atoms with Gasteiger partial charge in [0.2, 0.25) is 0 Å². The molecule has 1 fully saturated rings. The zero-order valence-corrected chi connectivity index (χ0v) is 10.2. The lowest BCUT2D eigenvalue weighted by atomic mass is 10.3. The minimum Gasteiger partial charge on any atom is -0.336 e. The van der Waals surface area contributed by atoms with Crippen LogP contribution in [0.1, 0.15) is 0 Å². The Hall–Kier alpha value is -1.46. The molecule has 90 valence electrons. The van der Waals surface area contributed by atoms with Crippen LogP contribution in [0.25, 0.3) is 0 Å². The highest BCUT2D eigenvalue weighted by molar-refractivity contribution is 6.39.